The van der Waals surface area contributed by atoms with Gasteiger partial charge >= 0.3 is 0 Å². The van der Waals surface area contributed by atoms with Crippen LogP contribution >= 0.6 is 0 Å². The van der Waals surface area contributed by atoms with Crippen molar-refractivity contribution in [3.63, 3.8) is 0 Å². The molecule has 2 aliphatic heterocycles. The van der Waals surface area contributed by atoms with Crippen molar-refractivity contribution in [1.29, 1.82) is 0 Å². The Kier molecular flexibility index (Phi) is 4.09. The van der Waals surface area contributed by atoms with Crippen molar-refractivity contribution in [2.75, 3.05) is 32.8 Å². The molecule has 4 rings (SSSR count). The van der Waals surface area contributed by atoms with Gasteiger partial charge in [0.1, 0.15) is 0 Å². The minimum atomic E-state index is -0.572. The van der Waals surface area contributed by atoms with E-state index in [9.17, 15) is 5.11 Å². The van der Waals surface area contributed by atoms with Gasteiger partial charge in [-0.1, -0.05) is 12.1 Å². The first-order valence-electron chi connectivity index (χ1n) is 8.68. The van der Waals surface area contributed by atoms with Crippen LogP contribution in [-0.4, -0.2) is 58.0 Å². The number of ether oxygens (including phenoxy) is 1. The highest BCUT2D eigenvalue weighted by molar-refractivity contribution is 5.75. The van der Waals surface area contributed by atoms with E-state index in [2.05, 4.69) is 32.7 Å². The Bertz CT molecular complexity index is 663. The lowest BCUT2D eigenvalue weighted by Crippen LogP contribution is -2.49. The van der Waals surface area contributed by atoms with Crippen molar-refractivity contribution < 1.29 is 9.84 Å². The van der Waals surface area contributed by atoms with Crippen LogP contribution in [0, 0.1) is 0 Å². The minimum Gasteiger partial charge on any atom is -0.388 e. The van der Waals surface area contributed by atoms with Crippen LogP contribution in [0.2, 0.25) is 0 Å². The zero-order valence-corrected chi connectivity index (χ0v) is 13.5. The summed E-state index contributed by atoms with van der Waals surface area (Å²) in [5, 5.41) is 10.8. The standard InChI is InChI=1S/C18H25N3O2/c22-18(7-10-23-11-8-18)13-20-9-3-4-15(12-20)21-14-19-16-5-1-2-6-17(16)21/h1-2,5-6,14-15,22H,3-4,7-13H2. The smallest absolute Gasteiger partial charge is 0.0961 e. The fraction of sp³-hybridized carbons (Fsp3) is 0.611. The second kappa shape index (κ2) is 6.23. The molecule has 1 aromatic carbocycles. The molecule has 1 atom stereocenters. The number of hydrogen-bond donors (Lipinski definition) is 1. The van der Waals surface area contributed by atoms with Gasteiger partial charge in [0.05, 0.1) is 23.0 Å². The number of para-hydroxylation sites is 2. The summed E-state index contributed by atoms with van der Waals surface area (Å²) in [7, 11) is 0. The Balaban J connectivity index is 1.48. The number of fused-ring (bicyclic) bond motifs is 1. The number of aromatic nitrogens is 2. The molecule has 124 valence electrons. The highest BCUT2D eigenvalue weighted by atomic mass is 16.5. The van der Waals surface area contributed by atoms with Gasteiger partial charge in [-0.15, -0.1) is 0 Å². The number of aliphatic hydroxyl groups is 1. The predicted molar refractivity (Wildman–Crippen MR) is 89.4 cm³/mol. The Labute approximate surface area is 136 Å². The van der Waals surface area contributed by atoms with Crippen molar-refractivity contribution in [3.8, 4) is 0 Å². The van der Waals surface area contributed by atoms with E-state index in [1.807, 2.05) is 12.4 Å². The molecular weight excluding hydrogens is 290 g/mol. The van der Waals surface area contributed by atoms with Crippen LogP contribution in [0.5, 0.6) is 0 Å². The summed E-state index contributed by atoms with van der Waals surface area (Å²) in [5.74, 6) is 0. The molecule has 5 heteroatoms. The molecule has 1 aromatic heterocycles. The van der Waals surface area contributed by atoms with Crippen molar-refractivity contribution in [2.24, 2.45) is 0 Å². The van der Waals surface area contributed by atoms with Crippen molar-refractivity contribution >= 4 is 11.0 Å². The third-order valence-electron chi connectivity index (χ3n) is 5.30. The zero-order chi connectivity index (χ0) is 15.7. The number of imidazole rings is 1. The van der Waals surface area contributed by atoms with Crippen LogP contribution in [0.3, 0.4) is 0 Å². The summed E-state index contributed by atoms with van der Waals surface area (Å²) < 4.78 is 7.71. The molecule has 2 aliphatic rings. The van der Waals surface area contributed by atoms with Gasteiger partial charge in [0.15, 0.2) is 0 Å². The van der Waals surface area contributed by atoms with Gasteiger partial charge in [-0.25, -0.2) is 4.98 Å². The first-order chi connectivity index (χ1) is 11.2. The maximum atomic E-state index is 10.8. The fourth-order valence-corrected chi connectivity index (χ4v) is 4.00. The highest BCUT2D eigenvalue weighted by Gasteiger charge is 2.34. The van der Waals surface area contributed by atoms with Gasteiger partial charge in [-0.05, 0) is 31.5 Å². The highest BCUT2D eigenvalue weighted by Crippen LogP contribution is 2.28. The van der Waals surface area contributed by atoms with Gasteiger partial charge in [0.25, 0.3) is 0 Å². The number of rotatable bonds is 3. The Morgan fingerprint density at radius 1 is 1.26 bits per heavy atom. The number of nitrogens with zero attached hydrogens (tertiary/aromatic N) is 3. The molecule has 1 unspecified atom stereocenters. The molecule has 0 spiro atoms. The summed E-state index contributed by atoms with van der Waals surface area (Å²) in [5.41, 5.74) is 1.70. The van der Waals surface area contributed by atoms with E-state index in [1.54, 1.807) is 0 Å². The molecule has 2 aromatic rings. The molecule has 2 saturated heterocycles. The van der Waals surface area contributed by atoms with E-state index in [-0.39, 0.29) is 0 Å². The number of piperidine rings is 1. The van der Waals surface area contributed by atoms with Crippen LogP contribution in [-0.2, 0) is 4.74 Å². The fourth-order valence-electron chi connectivity index (χ4n) is 4.00. The molecule has 23 heavy (non-hydrogen) atoms. The molecule has 2 fully saturated rings. The monoisotopic (exact) mass is 315 g/mol. The van der Waals surface area contributed by atoms with E-state index in [4.69, 9.17) is 4.74 Å². The van der Waals surface area contributed by atoms with Crippen LogP contribution in [0.25, 0.3) is 11.0 Å². The normalized spacial score (nSPS) is 25.7. The topological polar surface area (TPSA) is 50.5 Å². The predicted octanol–water partition coefficient (Wildman–Crippen LogP) is 2.21. The second-order valence-corrected chi connectivity index (χ2v) is 7.01. The second-order valence-electron chi connectivity index (χ2n) is 7.01. The summed E-state index contributed by atoms with van der Waals surface area (Å²) in [6.07, 6.45) is 5.83. The molecule has 0 aliphatic carbocycles. The Morgan fingerprint density at radius 2 is 2.09 bits per heavy atom. The Hall–Kier alpha value is -1.43. The van der Waals surface area contributed by atoms with Crippen molar-refractivity contribution in [2.45, 2.75) is 37.3 Å². The lowest BCUT2D eigenvalue weighted by molar-refractivity contribution is -0.0834. The largest absolute Gasteiger partial charge is 0.388 e. The van der Waals surface area contributed by atoms with Crippen molar-refractivity contribution in [3.05, 3.63) is 30.6 Å². The van der Waals surface area contributed by atoms with E-state index >= 15 is 0 Å². The Morgan fingerprint density at radius 3 is 2.96 bits per heavy atom. The van der Waals surface area contributed by atoms with Crippen LogP contribution in [0.4, 0.5) is 0 Å². The first-order valence-corrected chi connectivity index (χ1v) is 8.68. The molecule has 0 saturated carbocycles. The lowest BCUT2D eigenvalue weighted by atomic mass is 9.92. The van der Waals surface area contributed by atoms with Gasteiger partial charge in [0, 0.05) is 45.2 Å². The van der Waals surface area contributed by atoms with Crippen LogP contribution in [0.1, 0.15) is 31.7 Å². The third kappa shape index (κ3) is 3.13. The molecule has 0 radical (unpaired) electrons. The maximum absolute atomic E-state index is 10.8. The maximum Gasteiger partial charge on any atom is 0.0961 e. The first kappa shape index (κ1) is 15.1. The number of β-amino-alcohol motifs (C(OH)–C–C–N with tert-alkyl or cyclic N) is 1. The van der Waals surface area contributed by atoms with Gasteiger partial charge in [-0.2, -0.15) is 0 Å². The summed E-state index contributed by atoms with van der Waals surface area (Å²) in [6.45, 7) is 4.19. The molecule has 0 amide bonds. The molecule has 5 nitrogen and oxygen atoms in total. The molecule has 0 bridgehead atoms. The molecular formula is C18H25N3O2. The van der Waals surface area contributed by atoms with Gasteiger partial charge in [0.2, 0.25) is 0 Å². The SMILES string of the molecule is OC1(CN2CCCC(n3cnc4ccccc43)C2)CCOCC1. The summed E-state index contributed by atoms with van der Waals surface area (Å²) in [4.78, 5) is 6.95. The van der Waals surface area contributed by atoms with Crippen LogP contribution < -0.4 is 0 Å². The quantitative estimate of drug-likeness (QED) is 0.943. The molecule has 3 heterocycles. The summed E-state index contributed by atoms with van der Waals surface area (Å²) in [6, 6.07) is 8.77. The average molecular weight is 315 g/mol. The van der Waals surface area contributed by atoms with E-state index < -0.39 is 5.60 Å². The van der Waals surface area contributed by atoms with Crippen molar-refractivity contribution in [1.82, 2.24) is 14.5 Å². The van der Waals surface area contributed by atoms with Gasteiger partial charge < -0.3 is 14.4 Å². The number of hydrogen-bond acceptors (Lipinski definition) is 4. The number of likely N-dealkylation sites (tertiary alicyclic amines) is 1. The summed E-state index contributed by atoms with van der Waals surface area (Å²) >= 11 is 0. The van der Waals surface area contributed by atoms with E-state index in [1.165, 1.54) is 18.4 Å². The minimum absolute atomic E-state index is 0.444. The average Bonchev–Trinajstić information content (AvgIpc) is 2.99. The molecule has 1 N–H and O–H groups in total. The van der Waals surface area contributed by atoms with E-state index in [0.717, 1.165) is 38.0 Å². The zero-order valence-electron chi connectivity index (χ0n) is 13.5. The van der Waals surface area contributed by atoms with Crippen LogP contribution in [0.15, 0.2) is 30.6 Å². The third-order valence-corrected chi connectivity index (χ3v) is 5.30. The van der Waals surface area contributed by atoms with E-state index in [0.29, 0.717) is 19.3 Å². The number of benzene rings is 1. The van der Waals surface area contributed by atoms with Gasteiger partial charge in [-0.3, -0.25) is 4.90 Å². The lowest BCUT2D eigenvalue weighted by Gasteiger charge is -2.40.